The molecule has 134 valence electrons. The summed E-state index contributed by atoms with van der Waals surface area (Å²) < 4.78 is 2.96. The molecule has 0 unspecified atom stereocenters. The minimum Gasteiger partial charge on any atom is -0.508 e. The van der Waals surface area contributed by atoms with Crippen molar-refractivity contribution >= 4 is 22.8 Å². The van der Waals surface area contributed by atoms with Crippen LogP contribution in [0.1, 0.15) is 40.4 Å². The van der Waals surface area contributed by atoms with Crippen LogP contribution in [0.3, 0.4) is 0 Å². The number of carbonyl (C=O) groups excluding carboxylic acids is 1. The number of nitrogen functional groups attached to an aromatic ring is 1. The van der Waals surface area contributed by atoms with Gasteiger partial charge >= 0.3 is 0 Å². The predicted octanol–water partition coefficient (Wildman–Crippen LogP) is 1.53. The van der Waals surface area contributed by atoms with Crippen LogP contribution in [-0.4, -0.2) is 25.4 Å². The summed E-state index contributed by atoms with van der Waals surface area (Å²) in [6.45, 7) is 3.60. The molecule has 0 atom stereocenters. The van der Waals surface area contributed by atoms with E-state index in [-0.39, 0.29) is 28.7 Å². The van der Waals surface area contributed by atoms with Crippen LogP contribution in [0.2, 0.25) is 0 Å². The number of nitrogens with zero attached hydrogens (tertiary/aromatic N) is 3. The molecule has 0 aliphatic heterocycles. The monoisotopic (exact) mass is 353 g/mol. The zero-order valence-electron chi connectivity index (χ0n) is 14.5. The molecule has 8 nitrogen and oxygen atoms in total. The molecule has 0 radical (unpaired) electrons. The number of hydrogen-bond donors (Lipinski definition) is 3. The maximum Gasteiger partial charge on any atom is 0.269 e. The molecule has 1 aliphatic carbocycles. The van der Waals surface area contributed by atoms with Crippen LogP contribution >= 0.6 is 0 Å². The van der Waals surface area contributed by atoms with Crippen LogP contribution in [0.25, 0.3) is 16.7 Å². The number of aryl methyl sites for hydroxylation is 1. The average molecular weight is 353 g/mol. The van der Waals surface area contributed by atoms with Gasteiger partial charge in [0.2, 0.25) is 0 Å². The second kappa shape index (κ2) is 5.35. The van der Waals surface area contributed by atoms with E-state index in [4.69, 9.17) is 11.5 Å². The van der Waals surface area contributed by atoms with Crippen molar-refractivity contribution in [3.63, 3.8) is 0 Å². The SMILES string of the molecule is Cc1ccc(O)c(C)c1-n1c(N)c(C(N)=O)c2nn(C3CC3)c(=O)cc21. The standard InChI is InChI=1S/C18H19N5O3/c1-8-3-6-12(24)9(2)16(8)22-11-7-13(25)23(10-4-5-10)21-15(11)14(17(22)19)18(20)26/h3,6-7,10,24H,4-5,19H2,1-2H3,(H2,20,26). The van der Waals surface area contributed by atoms with Crippen molar-refractivity contribution in [3.8, 4) is 11.4 Å². The van der Waals surface area contributed by atoms with Crippen LogP contribution in [0.15, 0.2) is 23.0 Å². The van der Waals surface area contributed by atoms with E-state index in [0.717, 1.165) is 18.4 Å². The van der Waals surface area contributed by atoms with Gasteiger partial charge in [0.05, 0.1) is 17.2 Å². The Balaban J connectivity index is 2.16. The lowest BCUT2D eigenvalue weighted by molar-refractivity contribution is 0.100. The number of aromatic hydroxyl groups is 1. The Bertz CT molecular complexity index is 1140. The minimum absolute atomic E-state index is 0.0569. The van der Waals surface area contributed by atoms with Crippen LogP contribution in [-0.2, 0) is 0 Å². The third-order valence-electron chi connectivity index (χ3n) is 4.88. The van der Waals surface area contributed by atoms with Crippen molar-refractivity contribution in [3.05, 3.63) is 45.2 Å². The maximum absolute atomic E-state index is 12.5. The largest absolute Gasteiger partial charge is 0.508 e. The van der Waals surface area contributed by atoms with E-state index in [2.05, 4.69) is 5.10 Å². The van der Waals surface area contributed by atoms with Gasteiger partial charge in [0, 0.05) is 11.6 Å². The van der Waals surface area contributed by atoms with E-state index in [1.165, 1.54) is 10.7 Å². The first kappa shape index (κ1) is 16.2. The summed E-state index contributed by atoms with van der Waals surface area (Å²) in [5.41, 5.74) is 14.3. The smallest absolute Gasteiger partial charge is 0.269 e. The van der Waals surface area contributed by atoms with Gasteiger partial charge in [-0.15, -0.1) is 0 Å². The summed E-state index contributed by atoms with van der Waals surface area (Å²) in [6, 6.07) is 4.81. The van der Waals surface area contributed by atoms with E-state index in [9.17, 15) is 14.7 Å². The van der Waals surface area contributed by atoms with Gasteiger partial charge in [0.1, 0.15) is 22.6 Å². The van der Waals surface area contributed by atoms with Crippen LogP contribution in [0.4, 0.5) is 5.82 Å². The highest BCUT2D eigenvalue weighted by molar-refractivity contribution is 6.10. The minimum atomic E-state index is -0.713. The number of hydrogen-bond acceptors (Lipinski definition) is 5. The second-order valence-corrected chi connectivity index (χ2v) is 6.73. The first-order chi connectivity index (χ1) is 12.3. The fraction of sp³-hybridized carbons (Fsp3) is 0.278. The second-order valence-electron chi connectivity index (χ2n) is 6.73. The lowest BCUT2D eigenvalue weighted by Crippen LogP contribution is -2.22. The van der Waals surface area contributed by atoms with E-state index in [1.54, 1.807) is 23.6 Å². The number of nitrogens with two attached hydrogens (primary N) is 2. The third kappa shape index (κ3) is 2.18. The molecule has 2 heterocycles. The maximum atomic E-state index is 12.5. The molecule has 4 rings (SSSR count). The lowest BCUT2D eigenvalue weighted by atomic mass is 10.1. The van der Waals surface area contributed by atoms with Crippen molar-refractivity contribution < 1.29 is 9.90 Å². The number of phenols is 1. The van der Waals surface area contributed by atoms with Crippen molar-refractivity contribution in [2.45, 2.75) is 32.7 Å². The highest BCUT2D eigenvalue weighted by atomic mass is 16.3. The Morgan fingerprint density at radius 2 is 2.00 bits per heavy atom. The average Bonchev–Trinajstić information content (AvgIpc) is 3.37. The van der Waals surface area contributed by atoms with E-state index in [1.807, 2.05) is 6.92 Å². The number of primary amides is 1. The molecule has 0 spiro atoms. The van der Waals surface area contributed by atoms with Crippen LogP contribution in [0.5, 0.6) is 5.75 Å². The molecule has 8 heteroatoms. The number of carbonyl (C=O) groups is 1. The third-order valence-corrected chi connectivity index (χ3v) is 4.88. The zero-order valence-corrected chi connectivity index (χ0v) is 14.5. The van der Waals surface area contributed by atoms with Crippen molar-refractivity contribution in [2.75, 3.05) is 5.73 Å². The molecule has 1 amide bonds. The predicted molar refractivity (Wildman–Crippen MR) is 97.7 cm³/mol. The molecule has 1 aliphatic rings. The summed E-state index contributed by atoms with van der Waals surface area (Å²) in [5, 5.41) is 14.5. The van der Waals surface area contributed by atoms with E-state index >= 15 is 0 Å². The lowest BCUT2D eigenvalue weighted by Gasteiger charge is -2.15. The van der Waals surface area contributed by atoms with Gasteiger partial charge in [0.25, 0.3) is 11.5 Å². The Kier molecular flexibility index (Phi) is 3.33. The van der Waals surface area contributed by atoms with Gasteiger partial charge < -0.3 is 16.6 Å². The number of anilines is 1. The quantitative estimate of drug-likeness (QED) is 0.657. The Labute approximate surface area is 148 Å². The molecule has 26 heavy (non-hydrogen) atoms. The molecule has 1 aromatic carbocycles. The van der Waals surface area contributed by atoms with Crippen LogP contribution in [0, 0.1) is 13.8 Å². The van der Waals surface area contributed by atoms with Crippen molar-refractivity contribution in [1.29, 1.82) is 0 Å². The highest BCUT2D eigenvalue weighted by Gasteiger charge is 2.29. The number of amides is 1. The summed E-state index contributed by atoms with van der Waals surface area (Å²) in [7, 11) is 0. The molecule has 5 N–H and O–H groups in total. The Hall–Kier alpha value is -3.29. The zero-order chi connectivity index (χ0) is 18.7. The van der Waals surface area contributed by atoms with E-state index < -0.39 is 5.91 Å². The van der Waals surface area contributed by atoms with Gasteiger partial charge in [-0.2, -0.15) is 5.10 Å². The molecule has 2 aromatic heterocycles. The van der Waals surface area contributed by atoms with Gasteiger partial charge in [0.15, 0.2) is 0 Å². The molecule has 0 saturated heterocycles. The summed E-state index contributed by atoms with van der Waals surface area (Å²) in [6.07, 6.45) is 1.76. The van der Waals surface area contributed by atoms with Gasteiger partial charge in [-0.1, -0.05) is 6.07 Å². The van der Waals surface area contributed by atoms with Gasteiger partial charge in [-0.25, -0.2) is 4.68 Å². The Morgan fingerprint density at radius 3 is 2.62 bits per heavy atom. The number of aromatic nitrogens is 3. The summed E-state index contributed by atoms with van der Waals surface area (Å²) >= 11 is 0. The first-order valence-electron chi connectivity index (χ1n) is 8.34. The molecule has 1 fully saturated rings. The van der Waals surface area contributed by atoms with Gasteiger partial charge in [-0.05, 0) is 38.3 Å². The normalized spacial score (nSPS) is 14.1. The fourth-order valence-electron chi connectivity index (χ4n) is 3.40. The van der Waals surface area contributed by atoms with Gasteiger partial charge in [-0.3, -0.25) is 14.2 Å². The number of phenolic OH excluding ortho intramolecular Hbond substituents is 1. The molecule has 3 aromatic rings. The van der Waals surface area contributed by atoms with E-state index in [0.29, 0.717) is 22.3 Å². The first-order valence-corrected chi connectivity index (χ1v) is 8.34. The number of fused-ring (bicyclic) bond motifs is 1. The number of benzene rings is 1. The molecular formula is C18H19N5O3. The van der Waals surface area contributed by atoms with Crippen molar-refractivity contribution in [2.24, 2.45) is 5.73 Å². The molecular weight excluding hydrogens is 334 g/mol. The summed E-state index contributed by atoms with van der Waals surface area (Å²) in [4.78, 5) is 24.6. The number of rotatable bonds is 3. The fourth-order valence-corrected chi connectivity index (χ4v) is 3.40. The topological polar surface area (TPSA) is 129 Å². The Morgan fingerprint density at radius 1 is 1.31 bits per heavy atom. The summed E-state index contributed by atoms with van der Waals surface area (Å²) in [5.74, 6) is -0.522. The van der Waals surface area contributed by atoms with Crippen LogP contribution < -0.4 is 17.0 Å². The van der Waals surface area contributed by atoms with Crippen molar-refractivity contribution in [1.82, 2.24) is 14.3 Å². The molecule has 0 bridgehead atoms. The highest BCUT2D eigenvalue weighted by Crippen LogP contribution is 2.37. The molecule has 1 saturated carbocycles.